The van der Waals surface area contributed by atoms with Crippen molar-refractivity contribution in [2.45, 2.75) is 0 Å². The maximum absolute atomic E-state index is 11.9. The maximum atomic E-state index is 11.9. The first kappa shape index (κ1) is 16.5. The third kappa shape index (κ3) is 4.13. The summed E-state index contributed by atoms with van der Waals surface area (Å²) in [5.74, 6) is 0.958. The predicted molar refractivity (Wildman–Crippen MR) is 98.4 cm³/mol. The van der Waals surface area contributed by atoms with E-state index in [2.05, 4.69) is 26.5 Å². The number of carbonyl (C=O) groups excluding carboxylic acids is 1. The number of furan rings is 1. The van der Waals surface area contributed by atoms with E-state index in [1.165, 1.54) is 6.21 Å². The van der Waals surface area contributed by atoms with Crippen LogP contribution in [0.3, 0.4) is 0 Å². The van der Waals surface area contributed by atoms with Crippen molar-refractivity contribution in [2.75, 3.05) is 0 Å². The number of hydrazone groups is 1. The Labute approximate surface area is 152 Å². The second kappa shape index (κ2) is 7.47. The van der Waals surface area contributed by atoms with E-state index in [1.807, 2.05) is 30.3 Å². The van der Waals surface area contributed by atoms with E-state index in [0.717, 1.165) is 15.8 Å². The van der Waals surface area contributed by atoms with E-state index in [1.54, 1.807) is 30.3 Å². The molecule has 3 rings (SSSR count). The number of hydrogen-bond donors (Lipinski definition) is 1. The molecule has 2 aromatic carbocycles. The summed E-state index contributed by atoms with van der Waals surface area (Å²) in [4.78, 5) is 11.9. The van der Waals surface area contributed by atoms with E-state index in [-0.39, 0.29) is 5.91 Å². The Bertz CT molecular complexity index is 871. The van der Waals surface area contributed by atoms with E-state index in [0.29, 0.717) is 16.3 Å². The largest absolute Gasteiger partial charge is 0.455 e. The SMILES string of the molecule is O=C(NN=Cc1ccc(-c2ccc(Br)cc2)o1)c1ccc(Cl)cc1. The first-order valence-electron chi connectivity index (χ1n) is 7.06. The van der Waals surface area contributed by atoms with Crippen molar-refractivity contribution >= 4 is 39.7 Å². The van der Waals surface area contributed by atoms with Crippen LogP contribution in [0.25, 0.3) is 11.3 Å². The van der Waals surface area contributed by atoms with Gasteiger partial charge >= 0.3 is 0 Å². The van der Waals surface area contributed by atoms with E-state index >= 15 is 0 Å². The second-order valence-electron chi connectivity index (χ2n) is 4.91. The highest BCUT2D eigenvalue weighted by atomic mass is 79.9. The first-order chi connectivity index (χ1) is 11.6. The van der Waals surface area contributed by atoms with Crippen molar-refractivity contribution in [3.05, 3.63) is 81.5 Å². The molecule has 24 heavy (non-hydrogen) atoms. The molecule has 3 aromatic rings. The van der Waals surface area contributed by atoms with Gasteiger partial charge in [-0.2, -0.15) is 5.10 Å². The smallest absolute Gasteiger partial charge is 0.271 e. The molecule has 1 N–H and O–H groups in total. The molecule has 0 spiro atoms. The van der Waals surface area contributed by atoms with Crippen molar-refractivity contribution in [1.29, 1.82) is 0 Å². The van der Waals surface area contributed by atoms with Crippen LogP contribution in [-0.4, -0.2) is 12.1 Å². The third-order valence-corrected chi connectivity index (χ3v) is 4.00. The Morgan fingerprint density at radius 3 is 2.46 bits per heavy atom. The van der Waals surface area contributed by atoms with Gasteiger partial charge in [-0.05, 0) is 48.5 Å². The zero-order chi connectivity index (χ0) is 16.9. The van der Waals surface area contributed by atoms with E-state index in [9.17, 15) is 4.79 Å². The molecule has 0 bridgehead atoms. The summed E-state index contributed by atoms with van der Waals surface area (Å²) < 4.78 is 6.68. The predicted octanol–water partition coefficient (Wildman–Crippen LogP) is 5.13. The molecule has 0 atom stereocenters. The molecule has 0 saturated heterocycles. The highest BCUT2D eigenvalue weighted by molar-refractivity contribution is 9.10. The van der Waals surface area contributed by atoms with Crippen molar-refractivity contribution in [1.82, 2.24) is 5.43 Å². The molecular weight excluding hydrogens is 392 g/mol. The molecule has 1 amide bonds. The van der Waals surface area contributed by atoms with Gasteiger partial charge in [0.05, 0.1) is 6.21 Å². The van der Waals surface area contributed by atoms with Crippen LogP contribution in [0.5, 0.6) is 0 Å². The lowest BCUT2D eigenvalue weighted by Crippen LogP contribution is -2.17. The Morgan fingerprint density at radius 2 is 1.75 bits per heavy atom. The maximum Gasteiger partial charge on any atom is 0.271 e. The summed E-state index contributed by atoms with van der Waals surface area (Å²) >= 11 is 9.18. The van der Waals surface area contributed by atoms with E-state index in [4.69, 9.17) is 16.0 Å². The van der Waals surface area contributed by atoms with Crippen LogP contribution in [0.1, 0.15) is 16.1 Å². The number of carbonyl (C=O) groups is 1. The van der Waals surface area contributed by atoms with Crippen molar-refractivity contribution in [3.8, 4) is 11.3 Å². The van der Waals surface area contributed by atoms with Crippen molar-refractivity contribution < 1.29 is 9.21 Å². The van der Waals surface area contributed by atoms with Gasteiger partial charge in [0.15, 0.2) is 0 Å². The number of nitrogens with one attached hydrogen (secondary N) is 1. The summed E-state index contributed by atoms with van der Waals surface area (Å²) in [5.41, 5.74) is 3.88. The normalized spacial score (nSPS) is 10.9. The van der Waals surface area contributed by atoms with Gasteiger partial charge in [0.1, 0.15) is 11.5 Å². The molecule has 0 unspecified atom stereocenters. The fourth-order valence-corrected chi connectivity index (χ4v) is 2.40. The van der Waals surface area contributed by atoms with Gasteiger partial charge in [-0.25, -0.2) is 5.43 Å². The number of benzene rings is 2. The third-order valence-electron chi connectivity index (χ3n) is 3.22. The van der Waals surface area contributed by atoms with Crippen LogP contribution < -0.4 is 5.43 Å². The number of rotatable bonds is 4. The molecule has 6 heteroatoms. The molecule has 0 aliphatic rings. The minimum absolute atomic E-state index is 0.317. The first-order valence-corrected chi connectivity index (χ1v) is 8.24. The van der Waals surface area contributed by atoms with Gasteiger partial charge in [0.2, 0.25) is 0 Å². The number of nitrogens with zero attached hydrogens (tertiary/aromatic N) is 1. The quantitative estimate of drug-likeness (QED) is 0.485. The minimum atomic E-state index is -0.317. The van der Waals surface area contributed by atoms with Gasteiger partial charge in [-0.1, -0.05) is 39.7 Å². The Balaban J connectivity index is 1.64. The summed E-state index contributed by atoms with van der Waals surface area (Å²) in [6.45, 7) is 0. The highest BCUT2D eigenvalue weighted by Crippen LogP contribution is 2.23. The zero-order valence-electron chi connectivity index (χ0n) is 12.4. The van der Waals surface area contributed by atoms with Crippen LogP contribution in [-0.2, 0) is 0 Å². The van der Waals surface area contributed by atoms with Crippen LogP contribution in [0.15, 0.2) is 74.7 Å². The minimum Gasteiger partial charge on any atom is -0.455 e. The molecule has 1 heterocycles. The molecule has 4 nitrogen and oxygen atoms in total. The summed E-state index contributed by atoms with van der Waals surface area (Å²) in [7, 11) is 0. The Morgan fingerprint density at radius 1 is 1.04 bits per heavy atom. The molecular formula is C18H12BrClN2O2. The van der Waals surface area contributed by atoms with Crippen LogP contribution >= 0.6 is 27.5 Å². The summed E-state index contributed by atoms with van der Waals surface area (Å²) in [6.07, 6.45) is 1.45. The van der Waals surface area contributed by atoms with Crippen LogP contribution in [0.2, 0.25) is 5.02 Å². The number of amides is 1. The number of hydrogen-bond acceptors (Lipinski definition) is 3. The summed E-state index contributed by atoms with van der Waals surface area (Å²) in [6, 6.07) is 18.0. The van der Waals surface area contributed by atoms with Gasteiger partial charge in [0.25, 0.3) is 5.91 Å². The fraction of sp³-hybridized carbons (Fsp3) is 0. The lowest BCUT2D eigenvalue weighted by Gasteiger charge is -1.99. The van der Waals surface area contributed by atoms with Gasteiger partial charge in [0, 0.05) is 20.6 Å². The lowest BCUT2D eigenvalue weighted by atomic mass is 10.2. The number of halogens is 2. The standard InChI is InChI=1S/C18H12BrClN2O2/c19-14-5-1-12(2-6-14)17-10-9-16(24-17)11-21-22-18(23)13-3-7-15(20)8-4-13/h1-11H,(H,22,23). The second-order valence-corrected chi connectivity index (χ2v) is 6.27. The molecule has 0 radical (unpaired) electrons. The molecule has 0 aliphatic heterocycles. The van der Waals surface area contributed by atoms with Gasteiger partial charge in [-0.15, -0.1) is 0 Å². The van der Waals surface area contributed by atoms with Crippen LogP contribution in [0.4, 0.5) is 0 Å². The lowest BCUT2D eigenvalue weighted by molar-refractivity contribution is 0.0955. The van der Waals surface area contributed by atoms with Crippen molar-refractivity contribution in [2.24, 2.45) is 5.10 Å². The van der Waals surface area contributed by atoms with Gasteiger partial charge < -0.3 is 4.42 Å². The molecule has 120 valence electrons. The average molecular weight is 404 g/mol. The highest BCUT2D eigenvalue weighted by Gasteiger charge is 2.05. The fourth-order valence-electron chi connectivity index (χ4n) is 2.01. The summed E-state index contributed by atoms with van der Waals surface area (Å²) in [5, 5.41) is 4.48. The average Bonchev–Trinajstić information content (AvgIpc) is 3.05. The molecule has 0 fully saturated rings. The van der Waals surface area contributed by atoms with Crippen molar-refractivity contribution in [3.63, 3.8) is 0 Å². The monoisotopic (exact) mass is 402 g/mol. The molecule has 1 aromatic heterocycles. The molecule has 0 aliphatic carbocycles. The van der Waals surface area contributed by atoms with Gasteiger partial charge in [-0.3, -0.25) is 4.79 Å². The topological polar surface area (TPSA) is 54.6 Å². The zero-order valence-corrected chi connectivity index (χ0v) is 14.7. The Kier molecular flexibility index (Phi) is 5.13. The van der Waals surface area contributed by atoms with E-state index < -0.39 is 0 Å². The van der Waals surface area contributed by atoms with Crippen LogP contribution in [0, 0.1) is 0 Å². The Hall–Kier alpha value is -2.37. The molecule has 0 saturated carbocycles.